The Morgan fingerprint density at radius 3 is 2.36 bits per heavy atom. The van der Waals surface area contributed by atoms with Crippen LogP contribution in [0.15, 0.2) is 18.3 Å². The number of carbonyl (C=O) groups excluding carboxylic acids is 1. The quantitative estimate of drug-likeness (QED) is 0.908. The predicted molar refractivity (Wildman–Crippen MR) is 81.0 cm³/mol. The monoisotopic (exact) mass is 306 g/mol. The van der Waals surface area contributed by atoms with Crippen molar-refractivity contribution in [2.75, 3.05) is 13.1 Å². The molecule has 0 aliphatic carbocycles. The van der Waals surface area contributed by atoms with Crippen molar-refractivity contribution in [1.29, 1.82) is 0 Å². The number of ether oxygens (including phenoxy) is 1. The maximum Gasteiger partial charge on any atom is 0.410 e. The highest BCUT2D eigenvalue weighted by Crippen LogP contribution is 2.28. The number of amides is 1. The molecule has 22 heavy (non-hydrogen) atoms. The fourth-order valence-corrected chi connectivity index (χ4v) is 2.50. The first-order valence-corrected chi connectivity index (χ1v) is 7.43. The number of rotatable bonds is 2. The van der Waals surface area contributed by atoms with Crippen molar-refractivity contribution < 1.29 is 19.4 Å². The molecule has 1 fully saturated rings. The van der Waals surface area contributed by atoms with Gasteiger partial charge in [0, 0.05) is 19.3 Å². The molecule has 0 bridgehead atoms. The molecule has 1 amide bonds. The third-order valence-corrected chi connectivity index (χ3v) is 3.62. The number of piperidine rings is 1. The van der Waals surface area contributed by atoms with Crippen molar-refractivity contribution in [2.24, 2.45) is 0 Å². The summed E-state index contributed by atoms with van der Waals surface area (Å²) in [5, 5.41) is 8.85. The Morgan fingerprint density at radius 2 is 1.91 bits per heavy atom. The highest BCUT2D eigenvalue weighted by molar-refractivity contribution is 5.85. The van der Waals surface area contributed by atoms with Crippen LogP contribution in [0.5, 0.6) is 0 Å². The summed E-state index contributed by atoms with van der Waals surface area (Å²) in [7, 11) is 0. The van der Waals surface area contributed by atoms with E-state index in [4.69, 9.17) is 9.84 Å². The average Bonchev–Trinajstić information content (AvgIpc) is 2.46. The largest absolute Gasteiger partial charge is 0.477 e. The number of nitrogens with zero attached hydrogens (tertiary/aromatic N) is 2. The fourth-order valence-electron chi connectivity index (χ4n) is 2.50. The minimum absolute atomic E-state index is 0.0509. The maximum absolute atomic E-state index is 12.0. The van der Waals surface area contributed by atoms with Crippen LogP contribution in [0.25, 0.3) is 0 Å². The Kier molecular flexibility index (Phi) is 4.68. The lowest BCUT2D eigenvalue weighted by Gasteiger charge is -2.33. The van der Waals surface area contributed by atoms with E-state index in [1.807, 2.05) is 26.8 Å². The van der Waals surface area contributed by atoms with Crippen molar-refractivity contribution in [2.45, 2.75) is 45.1 Å². The van der Waals surface area contributed by atoms with Gasteiger partial charge in [-0.1, -0.05) is 6.07 Å². The van der Waals surface area contributed by atoms with Gasteiger partial charge in [-0.2, -0.15) is 0 Å². The van der Waals surface area contributed by atoms with Gasteiger partial charge in [-0.3, -0.25) is 0 Å². The number of hydrogen-bond donors (Lipinski definition) is 1. The third kappa shape index (κ3) is 4.19. The molecule has 1 aromatic rings. The minimum atomic E-state index is -1.02. The van der Waals surface area contributed by atoms with Crippen LogP contribution in [0.2, 0.25) is 0 Å². The van der Waals surface area contributed by atoms with E-state index in [0.717, 1.165) is 18.4 Å². The lowest BCUT2D eigenvalue weighted by atomic mass is 9.90. The van der Waals surface area contributed by atoms with Gasteiger partial charge >= 0.3 is 12.1 Å². The second-order valence-electron chi connectivity index (χ2n) is 6.52. The zero-order valence-corrected chi connectivity index (χ0v) is 13.2. The van der Waals surface area contributed by atoms with Crippen molar-refractivity contribution in [3.63, 3.8) is 0 Å². The summed E-state index contributed by atoms with van der Waals surface area (Å²) in [6.07, 6.45) is 3.00. The van der Waals surface area contributed by atoms with Crippen molar-refractivity contribution in [3.8, 4) is 0 Å². The van der Waals surface area contributed by atoms with Gasteiger partial charge in [0.1, 0.15) is 11.3 Å². The van der Waals surface area contributed by atoms with E-state index in [0.29, 0.717) is 19.0 Å². The molecule has 0 atom stereocenters. The molecule has 0 unspecified atom stereocenters. The second-order valence-corrected chi connectivity index (χ2v) is 6.52. The molecule has 6 heteroatoms. The summed E-state index contributed by atoms with van der Waals surface area (Å²) in [5.74, 6) is -0.722. The molecule has 0 spiro atoms. The molecule has 1 aliphatic heterocycles. The van der Waals surface area contributed by atoms with Gasteiger partial charge < -0.3 is 14.7 Å². The molecule has 1 saturated heterocycles. The van der Waals surface area contributed by atoms with E-state index in [9.17, 15) is 9.59 Å². The molecule has 0 aromatic carbocycles. The topological polar surface area (TPSA) is 79.7 Å². The fraction of sp³-hybridized carbons (Fsp3) is 0.562. The molecule has 2 rings (SSSR count). The number of carboxylic acid groups (broad SMARTS) is 1. The van der Waals surface area contributed by atoms with Gasteiger partial charge in [-0.15, -0.1) is 0 Å². The van der Waals surface area contributed by atoms with Gasteiger partial charge in [0.2, 0.25) is 0 Å². The highest BCUT2D eigenvalue weighted by atomic mass is 16.6. The first kappa shape index (κ1) is 16.3. The number of pyridine rings is 1. The van der Waals surface area contributed by atoms with E-state index >= 15 is 0 Å². The van der Waals surface area contributed by atoms with Crippen LogP contribution in [-0.2, 0) is 4.74 Å². The van der Waals surface area contributed by atoms with Crippen LogP contribution >= 0.6 is 0 Å². The Balaban J connectivity index is 1.91. The molecule has 1 N–H and O–H groups in total. The van der Waals surface area contributed by atoms with E-state index in [1.165, 1.54) is 6.07 Å². The number of aromatic nitrogens is 1. The average molecular weight is 306 g/mol. The molecule has 1 aliphatic rings. The molecule has 2 heterocycles. The predicted octanol–water partition coefficient (Wildman–Crippen LogP) is 2.89. The summed E-state index contributed by atoms with van der Waals surface area (Å²) in [4.78, 5) is 28.5. The Morgan fingerprint density at radius 1 is 1.27 bits per heavy atom. The van der Waals surface area contributed by atoms with Gasteiger partial charge in [0.15, 0.2) is 0 Å². The number of likely N-dealkylation sites (tertiary alicyclic amines) is 1. The lowest BCUT2D eigenvalue weighted by molar-refractivity contribution is 0.0204. The van der Waals surface area contributed by atoms with Gasteiger partial charge in [0.25, 0.3) is 0 Å². The smallest absolute Gasteiger partial charge is 0.410 e. The summed E-state index contributed by atoms with van der Waals surface area (Å²) in [6.45, 7) is 6.84. The summed E-state index contributed by atoms with van der Waals surface area (Å²) in [5.41, 5.74) is 0.591. The maximum atomic E-state index is 12.0. The second kappa shape index (κ2) is 6.34. The SMILES string of the molecule is CC(C)(C)OC(=O)N1CCC(c2ccc(C(=O)O)nc2)CC1. The standard InChI is InChI=1S/C16H22N2O4/c1-16(2,3)22-15(21)18-8-6-11(7-9-18)12-4-5-13(14(19)20)17-10-12/h4-5,10-11H,6-9H2,1-3H3,(H,19,20). The number of aromatic carboxylic acids is 1. The number of hydrogen-bond acceptors (Lipinski definition) is 4. The van der Waals surface area contributed by atoms with Gasteiger partial charge in [-0.25, -0.2) is 14.6 Å². The first-order valence-electron chi connectivity index (χ1n) is 7.43. The van der Waals surface area contributed by atoms with Crippen molar-refractivity contribution >= 4 is 12.1 Å². The molecule has 1 aromatic heterocycles. The van der Waals surface area contributed by atoms with Crippen LogP contribution < -0.4 is 0 Å². The Hall–Kier alpha value is -2.11. The van der Waals surface area contributed by atoms with Crippen LogP contribution in [0, 0.1) is 0 Å². The first-order chi connectivity index (χ1) is 10.3. The molecule has 0 saturated carbocycles. The highest BCUT2D eigenvalue weighted by Gasteiger charge is 2.27. The Labute approximate surface area is 130 Å². The van der Waals surface area contributed by atoms with Crippen molar-refractivity contribution in [3.05, 3.63) is 29.6 Å². The number of carbonyl (C=O) groups is 2. The normalized spacial score (nSPS) is 16.4. The summed E-state index contributed by atoms with van der Waals surface area (Å²) < 4.78 is 5.37. The van der Waals surface area contributed by atoms with Gasteiger partial charge in [0.05, 0.1) is 0 Å². The molecule has 120 valence electrons. The Bertz CT molecular complexity index is 540. The van der Waals surface area contributed by atoms with Crippen LogP contribution in [0.1, 0.15) is 55.6 Å². The summed E-state index contributed by atoms with van der Waals surface area (Å²) in [6, 6.07) is 3.34. The zero-order valence-electron chi connectivity index (χ0n) is 13.2. The van der Waals surface area contributed by atoms with Gasteiger partial charge in [-0.05, 0) is 51.2 Å². The van der Waals surface area contributed by atoms with E-state index < -0.39 is 11.6 Å². The van der Waals surface area contributed by atoms with Crippen molar-refractivity contribution in [1.82, 2.24) is 9.88 Å². The van der Waals surface area contributed by atoms with Crippen LogP contribution in [0.3, 0.4) is 0 Å². The van der Waals surface area contributed by atoms with E-state index in [1.54, 1.807) is 11.1 Å². The van der Waals surface area contributed by atoms with Crippen LogP contribution in [0.4, 0.5) is 4.79 Å². The lowest BCUT2D eigenvalue weighted by Crippen LogP contribution is -2.41. The molecular weight excluding hydrogens is 284 g/mol. The number of carboxylic acids is 1. The van der Waals surface area contributed by atoms with E-state index in [2.05, 4.69) is 4.98 Å². The zero-order chi connectivity index (χ0) is 16.3. The minimum Gasteiger partial charge on any atom is -0.477 e. The van der Waals surface area contributed by atoms with Crippen LogP contribution in [-0.4, -0.2) is 45.7 Å². The van der Waals surface area contributed by atoms with E-state index in [-0.39, 0.29) is 11.8 Å². The summed E-state index contributed by atoms with van der Waals surface area (Å²) >= 11 is 0. The third-order valence-electron chi connectivity index (χ3n) is 3.62. The molecule has 0 radical (unpaired) electrons. The molecule has 6 nitrogen and oxygen atoms in total. The molecular formula is C16H22N2O4.